The molecule has 11 nitrogen and oxygen atoms in total. The zero-order valence-corrected chi connectivity index (χ0v) is 19.2. The van der Waals surface area contributed by atoms with Crippen LogP contribution < -0.4 is 27.6 Å². The third-order valence-electron chi connectivity index (χ3n) is 4.60. The summed E-state index contributed by atoms with van der Waals surface area (Å²) in [7, 11) is 3.62. The van der Waals surface area contributed by atoms with Crippen LogP contribution in [-0.4, -0.2) is 72.3 Å². The first-order valence-electron chi connectivity index (χ1n) is 10.3. The van der Waals surface area contributed by atoms with Crippen molar-refractivity contribution in [3.63, 3.8) is 0 Å². The van der Waals surface area contributed by atoms with Gasteiger partial charge in [-0.05, 0) is 40.4 Å². The van der Waals surface area contributed by atoms with Crippen molar-refractivity contribution in [1.29, 1.82) is 5.41 Å². The van der Waals surface area contributed by atoms with Crippen LogP contribution in [0.15, 0.2) is 15.8 Å². The largest absolute Gasteiger partial charge is 0.390 e. The number of aryl methyl sites for hydroxylation is 1. The first-order valence-corrected chi connectivity index (χ1v) is 10.3. The van der Waals surface area contributed by atoms with Crippen LogP contribution in [0.5, 0.6) is 0 Å². The molecule has 0 saturated carbocycles. The Kier molecular flexibility index (Phi) is 13.7. The second-order valence-corrected chi connectivity index (χ2v) is 7.38. The molecule has 1 aromatic rings. The SMILES string of the molecule is CNCCCC(C(=O)C(C)C)N(CCNC)C(=O)Cn1cc(C)c(=O)[nH]c1=O.N=CN. The van der Waals surface area contributed by atoms with E-state index in [9.17, 15) is 19.2 Å². The fourth-order valence-corrected chi connectivity index (χ4v) is 2.97. The summed E-state index contributed by atoms with van der Waals surface area (Å²) >= 11 is 0. The van der Waals surface area contributed by atoms with Gasteiger partial charge in [0.15, 0.2) is 5.78 Å². The lowest BCUT2D eigenvalue weighted by Gasteiger charge is -2.32. The van der Waals surface area contributed by atoms with Gasteiger partial charge >= 0.3 is 5.69 Å². The first-order chi connectivity index (χ1) is 14.6. The topological polar surface area (TPSA) is 166 Å². The molecular weight excluding hydrogens is 402 g/mol. The third-order valence-corrected chi connectivity index (χ3v) is 4.60. The molecule has 6 N–H and O–H groups in total. The average molecular weight is 440 g/mol. The predicted molar refractivity (Wildman–Crippen MR) is 121 cm³/mol. The Labute approximate surface area is 182 Å². The smallest absolute Gasteiger partial charge is 0.328 e. The minimum absolute atomic E-state index is 0.00514. The number of nitrogens with zero attached hydrogens (tertiary/aromatic N) is 2. The minimum Gasteiger partial charge on any atom is -0.390 e. The van der Waals surface area contributed by atoms with Gasteiger partial charge in [0.2, 0.25) is 5.91 Å². The maximum Gasteiger partial charge on any atom is 0.328 e. The molecule has 1 amide bonds. The van der Waals surface area contributed by atoms with Crippen molar-refractivity contribution < 1.29 is 9.59 Å². The highest BCUT2D eigenvalue weighted by Crippen LogP contribution is 2.14. The molecule has 0 aliphatic rings. The van der Waals surface area contributed by atoms with E-state index in [1.165, 1.54) is 10.8 Å². The molecule has 0 aliphatic carbocycles. The Bertz CT molecular complexity index is 816. The summed E-state index contributed by atoms with van der Waals surface area (Å²) in [5, 5.41) is 11.9. The van der Waals surface area contributed by atoms with Crippen molar-refractivity contribution in [2.75, 3.05) is 33.7 Å². The predicted octanol–water partition coefficient (Wildman–Crippen LogP) is -0.962. The van der Waals surface area contributed by atoms with Crippen molar-refractivity contribution in [3.05, 3.63) is 32.6 Å². The molecule has 1 aromatic heterocycles. The molecule has 1 atom stereocenters. The molecule has 0 aromatic carbocycles. The number of carbonyl (C=O) groups is 2. The maximum atomic E-state index is 13.0. The standard InChI is InChI=1S/C19H33N5O4.CH4N2/c1-13(2)17(26)15(7-6-8-20-4)24(10-9-21-5)16(25)12-23-11-14(3)18(27)22-19(23)28;2-1-3/h11,13,15,20-21H,6-10,12H2,1-5H3,(H,22,27,28);1H,(H3,2,3). The zero-order valence-electron chi connectivity index (χ0n) is 19.2. The van der Waals surface area contributed by atoms with E-state index in [-0.39, 0.29) is 24.2 Å². The number of amides is 1. The van der Waals surface area contributed by atoms with Crippen LogP contribution in [-0.2, 0) is 16.1 Å². The number of aromatic nitrogens is 2. The lowest BCUT2D eigenvalue weighted by Crippen LogP contribution is -2.50. The van der Waals surface area contributed by atoms with Gasteiger partial charge in [0, 0.05) is 30.8 Å². The van der Waals surface area contributed by atoms with Crippen LogP contribution in [0.4, 0.5) is 0 Å². The Balaban J connectivity index is 0.00000282. The van der Waals surface area contributed by atoms with E-state index in [1.54, 1.807) is 18.9 Å². The van der Waals surface area contributed by atoms with E-state index in [2.05, 4.69) is 21.4 Å². The summed E-state index contributed by atoms with van der Waals surface area (Å²) < 4.78 is 1.18. The fraction of sp³-hybridized carbons (Fsp3) is 0.650. The average Bonchev–Trinajstić information content (AvgIpc) is 2.71. The number of carbonyl (C=O) groups excluding carboxylic acids is 2. The number of ketones is 1. The molecule has 0 fully saturated rings. The number of hydrogen-bond donors (Lipinski definition) is 5. The van der Waals surface area contributed by atoms with Crippen LogP contribution in [0, 0.1) is 18.3 Å². The van der Waals surface area contributed by atoms with Crippen molar-refractivity contribution in [2.45, 2.75) is 46.2 Å². The lowest BCUT2D eigenvalue weighted by molar-refractivity contribution is -0.141. The van der Waals surface area contributed by atoms with Gasteiger partial charge in [-0.25, -0.2) is 4.79 Å². The van der Waals surface area contributed by atoms with Gasteiger partial charge in [-0.3, -0.25) is 29.3 Å². The van der Waals surface area contributed by atoms with Crippen LogP contribution in [0.1, 0.15) is 32.3 Å². The summed E-state index contributed by atoms with van der Waals surface area (Å²) in [6.07, 6.45) is 3.42. The van der Waals surface area contributed by atoms with E-state index in [4.69, 9.17) is 5.41 Å². The Morgan fingerprint density at radius 1 is 1.26 bits per heavy atom. The summed E-state index contributed by atoms with van der Waals surface area (Å²) in [5.74, 6) is -0.527. The quantitative estimate of drug-likeness (QED) is 0.159. The number of aromatic amines is 1. The van der Waals surface area contributed by atoms with E-state index >= 15 is 0 Å². The molecular formula is C20H37N7O4. The molecule has 1 rings (SSSR count). The van der Waals surface area contributed by atoms with Crippen molar-refractivity contribution in [2.24, 2.45) is 11.7 Å². The Hall–Kier alpha value is -2.79. The zero-order chi connectivity index (χ0) is 24.0. The number of Topliss-reactive ketones (excluding diaryl/α,β-unsaturated/α-hetero) is 1. The third kappa shape index (κ3) is 9.71. The highest BCUT2D eigenvalue weighted by molar-refractivity contribution is 5.90. The fourth-order valence-electron chi connectivity index (χ4n) is 2.97. The summed E-state index contributed by atoms with van der Waals surface area (Å²) in [6, 6.07) is -0.547. The minimum atomic E-state index is -0.639. The van der Waals surface area contributed by atoms with Gasteiger partial charge in [0.1, 0.15) is 6.54 Å². The monoisotopic (exact) mass is 439 g/mol. The van der Waals surface area contributed by atoms with Crippen LogP contribution in [0.2, 0.25) is 0 Å². The molecule has 11 heteroatoms. The van der Waals surface area contributed by atoms with Crippen molar-refractivity contribution >= 4 is 18.0 Å². The number of nitrogens with one attached hydrogen (secondary N) is 4. The summed E-state index contributed by atoms with van der Waals surface area (Å²) in [6.45, 7) is 6.62. The molecule has 0 aliphatic heterocycles. The maximum absolute atomic E-state index is 13.0. The van der Waals surface area contributed by atoms with Gasteiger partial charge in [0.25, 0.3) is 5.56 Å². The lowest BCUT2D eigenvalue weighted by atomic mass is 9.96. The Morgan fingerprint density at radius 2 is 1.84 bits per heavy atom. The Morgan fingerprint density at radius 3 is 2.35 bits per heavy atom. The van der Waals surface area contributed by atoms with E-state index < -0.39 is 17.3 Å². The second kappa shape index (κ2) is 15.1. The van der Waals surface area contributed by atoms with Gasteiger partial charge in [0.05, 0.1) is 12.4 Å². The van der Waals surface area contributed by atoms with E-state index in [0.29, 0.717) is 25.1 Å². The van der Waals surface area contributed by atoms with Gasteiger partial charge in [-0.1, -0.05) is 13.8 Å². The molecule has 0 saturated heterocycles. The number of rotatable bonds is 12. The number of nitrogens with two attached hydrogens (primary N) is 1. The van der Waals surface area contributed by atoms with E-state index in [1.807, 2.05) is 20.9 Å². The number of hydrogen-bond acceptors (Lipinski definition) is 7. The van der Waals surface area contributed by atoms with Crippen molar-refractivity contribution in [1.82, 2.24) is 25.1 Å². The highest BCUT2D eigenvalue weighted by atomic mass is 16.2. The normalized spacial score (nSPS) is 11.4. The molecule has 0 bridgehead atoms. The molecule has 1 heterocycles. The highest BCUT2D eigenvalue weighted by Gasteiger charge is 2.30. The number of likely N-dealkylation sites (N-methyl/N-ethyl adjacent to an activating group) is 1. The molecule has 0 radical (unpaired) electrons. The molecule has 31 heavy (non-hydrogen) atoms. The van der Waals surface area contributed by atoms with Crippen LogP contribution >= 0.6 is 0 Å². The van der Waals surface area contributed by atoms with E-state index in [0.717, 1.165) is 19.3 Å². The van der Waals surface area contributed by atoms with Gasteiger partial charge in [-0.2, -0.15) is 0 Å². The van der Waals surface area contributed by atoms with Crippen molar-refractivity contribution in [3.8, 4) is 0 Å². The van der Waals surface area contributed by atoms with Crippen LogP contribution in [0.25, 0.3) is 0 Å². The van der Waals surface area contributed by atoms with Gasteiger partial charge in [-0.15, -0.1) is 0 Å². The summed E-state index contributed by atoms with van der Waals surface area (Å²) in [4.78, 5) is 53.2. The molecule has 1 unspecified atom stereocenters. The second-order valence-electron chi connectivity index (χ2n) is 7.38. The molecule has 176 valence electrons. The molecule has 0 spiro atoms. The van der Waals surface area contributed by atoms with Gasteiger partial charge < -0.3 is 21.3 Å². The first kappa shape index (κ1) is 28.2. The van der Waals surface area contributed by atoms with Crippen LogP contribution in [0.3, 0.4) is 0 Å². The number of H-pyrrole nitrogens is 1. The summed E-state index contributed by atoms with van der Waals surface area (Å²) in [5.41, 5.74) is 3.62.